The number of ether oxygens (including phenoxy) is 1. The number of hydrogen-bond acceptors (Lipinski definition) is 5. The molecular formula is C20H26N4O3. The number of aromatic nitrogens is 2. The van der Waals surface area contributed by atoms with Crippen molar-refractivity contribution >= 4 is 11.6 Å². The molecule has 27 heavy (non-hydrogen) atoms. The molecule has 1 aromatic carbocycles. The number of hydrogen-bond donors (Lipinski definition) is 0. The van der Waals surface area contributed by atoms with Gasteiger partial charge in [-0.2, -0.15) is 5.10 Å². The lowest BCUT2D eigenvalue weighted by Crippen LogP contribution is -2.49. The number of carbonyl (C=O) groups is 1. The van der Waals surface area contributed by atoms with Crippen molar-refractivity contribution in [1.29, 1.82) is 0 Å². The summed E-state index contributed by atoms with van der Waals surface area (Å²) in [5, 5.41) is 4.06. The Morgan fingerprint density at radius 1 is 1.15 bits per heavy atom. The molecule has 0 spiro atoms. The molecule has 0 aliphatic carbocycles. The predicted octanol–water partition coefficient (Wildman–Crippen LogP) is 1.46. The van der Waals surface area contributed by atoms with Gasteiger partial charge in [0.2, 0.25) is 5.91 Å². The molecule has 0 radical (unpaired) electrons. The number of benzene rings is 1. The SMILES string of the molecule is COc1ccc(CCCC(=O)N2CCN(c3cnn(C)c(=O)c3)CC2)cc1. The van der Waals surface area contributed by atoms with Gasteiger partial charge in [0.25, 0.3) is 5.56 Å². The van der Waals surface area contributed by atoms with E-state index in [9.17, 15) is 9.59 Å². The number of amides is 1. The Bertz CT molecular complexity index is 824. The predicted molar refractivity (Wildman–Crippen MR) is 104 cm³/mol. The standard InChI is InChI=1S/C20H26N4O3/c1-22-20(26)14-17(15-21-22)23-10-12-24(13-11-23)19(25)5-3-4-16-6-8-18(27-2)9-7-16/h6-9,14-15H,3-5,10-13H2,1-2H3. The minimum atomic E-state index is -0.121. The summed E-state index contributed by atoms with van der Waals surface area (Å²) in [5.74, 6) is 1.05. The van der Waals surface area contributed by atoms with Crippen molar-refractivity contribution in [3.8, 4) is 5.75 Å². The van der Waals surface area contributed by atoms with Gasteiger partial charge in [-0.15, -0.1) is 0 Å². The molecule has 0 saturated carbocycles. The van der Waals surface area contributed by atoms with E-state index in [4.69, 9.17) is 4.74 Å². The van der Waals surface area contributed by atoms with Crippen LogP contribution in [0.2, 0.25) is 0 Å². The van der Waals surface area contributed by atoms with Crippen molar-refractivity contribution in [2.45, 2.75) is 19.3 Å². The molecule has 1 saturated heterocycles. The third-order valence-electron chi connectivity index (χ3n) is 4.97. The lowest BCUT2D eigenvalue weighted by Gasteiger charge is -2.36. The third-order valence-corrected chi connectivity index (χ3v) is 4.97. The quantitative estimate of drug-likeness (QED) is 0.770. The molecule has 1 aliphatic heterocycles. The minimum absolute atomic E-state index is 0.121. The molecule has 7 nitrogen and oxygen atoms in total. The zero-order valence-electron chi connectivity index (χ0n) is 15.9. The van der Waals surface area contributed by atoms with Crippen LogP contribution in [0.5, 0.6) is 5.75 Å². The van der Waals surface area contributed by atoms with Gasteiger partial charge in [-0.3, -0.25) is 9.59 Å². The summed E-state index contributed by atoms with van der Waals surface area (Å²) < 4.78 is 6.47. The minimum Gasteiger partial charge on any atom is -0.497 e. The van der Waals surface area contributed by atoms with Crippen molar-refractivity contribution < 1.29 is 9.53 Å². The Labute approximate surface area is 159 Å². The van der Waals surface area contributed by atoms with Crippen LogP contribution >= 0.6 is 0 Å². The van der Waals surface area contributed by atoms with Crippen LogP contribution in [0.3, 0.4) is 0 Å². The summed E-state index contributed by atoms with van der Waals surface area (Å²) in [5.41, 5.74) is 1.92. The van der Waals surface area contributed by atoms with Gasteiger partial charge in [0, 0.05) is 45.7 Å². The molecule has 1 fully saturated rings. The number of anilines is 1. The smallest absolute Gasteiger partial charge is 0.268 e. The van der Waals surface area contributed by atoms with E-state index in [1.807, 2.05) is 29.2 Å². The summed E-state index contributed by atoms with van der Waals surface area (Å²) in [4.78, 5) is 28.2. The van der Waals surface area contributed by atoms with Crippen molar-refractivity contribution in [2.24, 2.45) is 7.05 Å². The second kappa shape index (κ2) is 8.70. The van der Waals surface area contributed by atoms with Crippen LogP contribution in [-0.4, -0.2) is 53.9 Å². The van der Waals surface area contributed by atoms with Crippen LogP contribution in [0.25, 0.3) is 0 Å². The van der Waals surface area contributed by atoms with Gasteiger partial charge >= 0.3 is 0 Å². The molecule has 3 rings (SSSR count). The first-order chi connectivity index (χ1) is 13.1. The van der Waals surface area contributed by atoms with Gasteiger partial charge in [0.05, 0.1) is 19.0 Å². The maximum Gasteiger partial charge on any atom is 0.268 e. The highest BCUT2D eigenvalue weighted by atomic mass is 16.5. The van der Waals surface area contributed by atoms with E-state index in [0.29, 0.717) is 19.5 Å². The van der Waals surface area contributed by atoms with Gasteiger partial charge in [-0.05, 0) is 30.5 Å². The highest BCUT2D eigenvalue weighted by Crippen LogP contribution is 2.16. The average Bonchev–Trinajstić information content (AvgIpc) is 2.70. The van der Waals surface area contributed by atoms with Gasteiger partial charge in [0.15, 0.2) is 0 Å². The summed E-state index contributed by atoms with van der Waals surface area (Å²) in [6.45, 7) is 2.80. The maximum absolute atomic E-state index is 12.5. The number of piperazine rings is 1. The van der Waals surface area contributed by atoms with E-state index < -0.39 is 0 Å². The second-order valence-corrected chi connectivity index (χ2v) is 6.75. The Balaban J connectivity index is 1.43. The largest absolute Gasteiger partial charge is 0.497 e. The summed E-state index contributed by atoms with van der Waals surface area (Å²) in [7, 11) is 3.29. The van der Waals surface area contributed by atoms with E-state index in [2.05, 4.69) is 10.00 Å². The first kappa shape index (κ1) is 18.9. The maximum atomic E-state index is 12.5. The molecule has 2 aromatic rings. The van der Waals surface area contributed by atoms with Crippen LogP contribution in [0.1, 0.15) is 18.4 Å². The fourth-order valence-electron chi connectivity index (χ4n) is 3.24. The van der Waals surface area contributed by atoms with Crippen LogP contribution in [-0.2, 0) is 18.3 Å². The van der Waals surface area contributed by atoms with E-state index in [0.717, 1.165) is 37.4 Å². The summed E-state index contributed by atoms with van der Waals surface area (Å²) >= 11 is 0. The van der Waals surface area contributed by atoms with Crippen LogP contribution in [0.15, 0.2) is 41.3 Å². The van der Waals surface area contributed by atoms with Crippen molar-refractivity contribution in [2.75, 3.05) is 38.2 Å². The molecule has 7 heteroatoms. The number of rotatable bonds is 6. The highest BCUT2D eigenvalue weighted by molar-refractivity contribution is 5.76. The molecule has 1 aromatic heterocycles. The molecule has 0 atom stereocenters. The van der Waals surface area contributed by atoms with Crippen molar-refractivity contribution in [3.05, 3.63) is 52.4 Å². The molecule has 0 bridgehead atoms. The zero-order chi connectivity index (χ0) is 19.2. The van der Waals surface area contributed by atoms with Crippen LogP contribution in [0.4, 0.5) is 5.69 Å². The fourth-order valence-corrected chi connectivity index (χ4v) is 3.24. The lowest BCUT2D eigenvalue weighted by molar-refractivity contribution is -0.131. The third kappa shape index (κ3) is 4.87. The monoisotopic (exact) mass is 370 g/mol. The molecule has 144 valence electrons. The molecule has 0 unspecified atom stereocenters. The Hall–Kier alpha value is -2.83. The van der Waals surface area contributed by atoms with Gasteiger partial charge in [-0.1, -0.05) is 12.1 Å². The first-order valence-electron chi connectivity index (χ1n) is 9.26. The molecule has 0 N–H and O–H groups in total. The van der Waals surface area contributed by atoms with Gasteiger partial charge in [-0.25, -0.2) is 4.68 Å². The van der Waals surface area contributed by atoms with E-state index in [1.54, 1.807) is 26.4 Å². The second-order valence-electron chi connectivity index (χ2n) is 6.75. The van der Waals surface area contributed by atoms with Gasteiger partial charge < -0.3 is 14.5 Å². The summed E-state index contributed by atoms with van der Waals surface area (Å²) in [6.07, 6.45) is 3.98. The highest BCUT2D eigenvalue weighted by Gasteiger charge is 2.21. The fraction of sp³-hybridized carbons (Fsp3) is 0.450. The lowest BCUT2D eigenvalue weighted by atomic mass is 10.1. The van der Waals surface area contributed by atoms with Crippen molar-refractivity contribution in [1.82, 2.24) is 14.7 Å². The van der Waals surface area contributed by atoms with Crippen molar-refractivity contribution in [3.63, 3.8) is 0 Å². The molecular weight excluding hydrogens is 344 g/mol. The Morgan fingerprint density at radius 2 is 1.85 bits per heavy atom. The number of methoxy groups -OCH3 is 1. The topological polar surface area (TPSA) is 67.7 Å². The summed E-state index contributed by atoms with van der Waals surface area (Å²) in [6, 6.07) is 9.57. The van der Waals surface area contributed by atoms with Crippen LogP contribution < -0.4 is 15.2 Å². The van der Waals surface area contributed by atoms with E-state index >= 15 is 0 Å². The zero-order valence-corrected chi connectivity index (χ0v) is 15.9. The molecule has 1 amide bonds. The van der Waals surface area contributed by atoms with Gasteiger partial charge in [0.1, 0.15) is 5.75 Å². The normalized spacial score (nSPS) is 14.3. The first-order valence-corrected chi connectivity index (χ1v) is 9.26. The molecule has 2 heterocycles. The number of aryl methyl sites for hydroxylation is 2. The number of nitrogens with zero attached hydrogens (tertiary/aromatic N) is 4. The average molecular weight is 370 g/mol. The Kier molecular flexibility index (Phi) is 6.11. The Morgan fingerprint density at radius 3 is 2.48 bits per heavy atom. The number of carbonyl (C=O) groups excluding carboxylic acids is 1. The van der Waals surface area contributed by atoms with E-state index in [1.165, 1.54) is 10.2 Å². The van der Waals surface area contributed by atoms with Crippen LogP contribution in [0, 0.1) is 0 Å². The van der Waals surface area contributed by atoms with E-state index in [-0.39, 0.29) is 11.5 Å². The molecule has 1 aliphatic rings.